The zero-order valence-electron chi connectivity index (χ0n) is 19.4. The number of nitrogens with one attached hydrogen (secondary N) is 1. The molecule has 1 saturated carbocycles. The zero-order valence-corrected chi connectivity index (χ0v) is 20.2. The molecule has 0 atom stereocenters. The molecule has 8 heteroatoms. The van der Waals surface area contributed by atoms with Gasteiger partial charge in [-0.15, -0.1) is 10.2 Å². The molecule has 5 rings (SSSR count). The van der Waals surface area contributed by atoms with E-state index in [1.54, 1.807) is 18.9 Å². The van der Waals surface area contributed by atoms with Crippen LogP contribution in [-0.2, 0) is 12.3 Å². The summed E-state index contributed by atoms with van der Waals surface area (Å²) < 4.78 is 9.64. The number of anilines is 1. The fraction of sp³-hybridized carbons (Fsp3) is 0.346. The molecule has 4 aromatic rings. The Bertz CT molecular complexity index is 1200. The van der Waals surface area contributed by atoms with Gasteiger partial charge >= 0.3 is 0 Å². The number of nitrogens with zero attached hydrogens (tertiary/aromatic N) is 5. The Hall–Kier alpha value is -3.26. The summed E-state index contributed by atoms with van der Waals surface area (Å²) in [5, 5.41) is 18.4. The van der Waals surface area contributed by atoms with Crippen molar-refractivity contribution in [2.24, 2.45) is 0 Å². The van der Waals surface area contributed by atoms with E-state index in [4.69, 9.17) is 9.84 Å². The first-order valence-electron chi connectivity index (χ1n) is 11.8. The van der Waals surface area contributed by atoms with Crippen molar-refractivity contribution in [3.8, 4) is 11.4 Å². The normalized spacial score (nSPS) is 14.3. The van der Waals surface area contributed by atoms with Crippen molar-refractivity contribution in [3.63, 3.8) is 0 Å². The van der Waals surface area contributed by atoms with Gasteiger partial charge in [-0.2, -0.15) is 5.10 Å². The van der Waals surface area contributed by atoms with Crippen molar-refractivity contribution >= 4 is 17.4 Å². The van der Waals surface area contributed by atoms with Crippen LogP contribution >= 0.6 is 11.8 Å². The van der Waals surface area contributed by atoms with Crippen molar-refractivity contribution < 1.29 is 4.74 Å². The van der Waals surface area contributed by atoms with Gasteiger partial charge in [0.15, 0.2) is 11.0 Å². The largest absolute Gasteiger partial charge is 0.497 e. The molecule has 0 unspecified atom stereocenters. The van der Waals surface area contributed by atoms with E-state index in [9.17, 15) is 0 Å². The van der Waals surface area contributed by atoms with Crippen molar-refractivity contribution in [2.75, 3.05) is 12.4 Å². The molecule has 1 aliphatic carbocycles. The Balaban J connectivity index is 1.31. The van der Waals surface area contributed by atoms with Gasteiger partial charge in [0.2, 0.25) is 0 Å². The maximum atomic E-state index is 5.35. The zero-order chi connectivity index (χ0) is 23.2. The van der Waals surface area contributed by atoms with E-state index in [0.29, 0.717) is 12.6 Å². The fourth-order valence-electron chi connectivity index (χ4n) is 4.45. The van der Waals surface area contributed by atoms with Crippen LogP contribution in [0.4, 0.5) is 5.69 Å². The summed E-state index contributed by atoms with van der Waals surface area (Å²) in [5.74, 6) is 2.57. The Kier molecular flexibility index (Phi) is 7.14. The minimum absolute atomic E-state index is 0.454. The van der Waals surface area contributed by atoms with E-state index in [1.165, 1.54) is 32.1 Å². The SMILES string of the molecule is COc1cccc(NCc2nnc(SCc3ccn(-c4ccccc4)n3)n2C2CCCCC2)c1. The molecule has 2 aromatic heterocycles. The predicted octanol–water partition coefficient (Wildman–Crippen LogP) is 5.88. The molecule has 0 radical (unpaired) electrons. The van der Waals surface area contributed by atoms with Gasteiger partial charge < -0.3 is 14.6 Å². The van der Waals surface area contributed by atoms with Gasteiger partial charge in [-0.05, 0) is 43.2 Å². The highest BCUT2D eigenvalue weighted by atomic mass is 32.2. The van der Waals surface area contributed by atoms with E-state index in [0.717, 1.165) is 39.6 Å². The van der Waals surface area contributed by atoms with E-state index in [1.807, 2.05) is 53.3 Å². The fourth-order valence-corrected chi connectivity index (χ4v) is 5.37. The lowest BCUT2D eigenvalue weighted by atomic mass is 9.95. The number of para-hydroxylation sites is 1. The maximum absolute atomic E-state index is 5.35. The number of aromatic nitrogens is 5. The number of benzene rings is 2. The lowest BCUT2D eigenvalue weighted by Crippen LogP contribution is -2.18. The van der Waals surface area contributed by atoms with Crippen LogP contribution in [0.3, 0.4) is 0 Å². The van der Waals surface area contributed by atoms with Gasteiger partial charge in [-0.25, -0.2) is 4.68 Å². The summed E-state index contributed by atoms with van der Waals surface area (Å²) in [6, 6.07) is 20.7. The second-order valence-corrected chi connectivity index (χ2v) is 9.46. The van der Waals surface area contributed by atoms with Gasteiger partial charge in [0.05, 0.1) is 25.0 Å². The molecular weight excluding hydrogens is 444 g/mol. The number of rotatable bonds is 9. The average molecular weight is 475 g/mol. The molecular formula is C26H30N6OS. The Morgan fingerprint density at radius 2 is 1.85 bits per heavy atom. The quantitative estimate of drug-likeness (QED) is 0.305. The molecule has 7 nitrogen and oxygen atoms in total. The first-order chi connectivity index (χ1) is 16.8. The molecule has 0 spiro atoms. The van der Waals surface area contributed by atoms with Crippen molar-refractivity contribution in [2.45, 2.75) is 55.6 Å². The minimum Gasteiger partial charge on any atom is -0.497 e. The number of methoxy groups -OCH3 is 1. The lowest BCUT2D eigenvalue weighted by molar-refractivity contribution is 0.330. The summed E-state index contributed by atoms with van der Waals surface area (Å²) in [7, 11) is 1.69. The summed E-state index contributed by atoms with van der Waals surface area (Å²) >= 11 is 1.72. The predicted molar refractivity (Wildman–Crippen MR) is 136 cm³/mol. The van der Waals surface area contributed by atoms with E-state index < -0.39 is 0 Å². The number of hydrogen-bond acceptors (Lipinski definition) is 6. The first-order valence-corrected chi connectivity index (χ1v) is 12.8. The van der Waals surface area contributed by atoms with Crippen molar-refractivity contribution in [1.82, 2.24) is 24.5 Å². The minimum atomic E-state index is 0.454. The molecule has 2 aromatic carbocycles. The smallest absolute Gasteiger partial charge is 0.191 e. The third-order valence-corrected chi connectivity index (χ3v) is 7.19. The Morgan fingerprint density at radius 1 is 1.00 bits per heavy atom. The van der Waals surface area contributed by atoms with Crippen LogP contribution in [0.2, 0.25) is 0 Å². The molecule has 0 aliphatic heterocycles. The van der Waals surface area contributed by atoms with Crippen LogP contribution < -0.4 is 10.1 Å². The summed E-state index contributed by atoms with van der Waals surface area (Å²) in [6.45, 7) is 0.625. The number of ether oxygens (including phenoxy) is 1. The monoisotopic (exact) mass is 474 g/mol. The third-order valence-electron chi connectivity index (χ3n) is 6.21. The molecule has 1 aliphatic rings. The van der Waals surface area contributed by atoms with Crippen molar-refractivity contribution in [3.05, 3.63) is 78.4 Å². The average Bonchev–Trinajstić information content (AvgIpc) is 3.54. The van der Waals surface area contributed by atoms with Gasteiger partial charge in [0.25, 0.3) is 0 Å². The van der Waals surface area contributed by atoms with Gasteiger partial charge in [0, 0.05) is 29.7 Å². The molecule has 0 saturated heterocycles. The highest BCUT2D eigenvalue weighted by Crippen LogP contribution is 2.33. The molecule has 1 fully saturated rings. The van der Waals surface area contributed by atoms with Crippen LogP contribution in [0.15, 0.2) is 72.0 Å². The Labute approximate surface area is 204 Å². The van der Waals surface area contributed by atoms with Crippen LogP contribution in [0, 0.1) is 0 Å². The summed E-state index contributed by atoms with van der Waals surface area (Å²) in [5.41, 5.74) is 3.11. The van der Waals surface area contributed by atoms with Crippen LogP contribution in [0.5, 0.6) is 5.75 Å². The van der Waals surface area contributed by atoms with Gasteiger partial charge in [-0.1, -0.05) is 55.3 Å². The molecule has 2 heterocycles. The summed E-state index contributed by atoms with van der Waals surface area (Å²) in [4.78, 5) is 0. The second-order valence-electron chi connectivity index (χ2n) is 8.52. The van der Waals surface area contributed by atoms with Crippen LogP contribution in [-0.4, -0.2) is 31.7 Å². The molecule has 176 valence electrons. The van der Waals surface area contributed by atoms with E-state index >= 15 is 0 Å². The summed E-state index contributed by atoms with van der Waals surface area (Å²) in [6.07, 6.45) is 8.21. The van der Waals surface area contributed by atoms with Crippen molar-refractivity contribution in [1.29, 1.82) is 0 Å². The molecule has 0 amide bonds. The lowest BCUT2D eigenvalue weighted by Gasteiger charge is -2.25. The second kappa shape index (κ2) is 10.8. The van der Waals surface area contributed by atoms with Crippen LogP contribution in [0.25, 0.3) is 5.69 Å². The van der Waals surface area contributed by atoms with E-state index in [-0.39, 0.29) is 0 Å². The number of hydrogen-bond donors (Lipinski definition) is 1. The first kappa shape index (κ1) is 22.5. The maximum Gasteiger partial charge on any atom is 0.191 e. The molecule has 0 bridgehead atoms. The Morgan fingerprint density at radius 3 is 2.68 bits per heavy atom. The van der Waals surface area contributed by atoms with Gasteiger partial charge in [-0.3, -0.25) is 0 Å². The highest BCUT2D eigenvalue weighted by Gasteiger charge is 2.23. The highest BCUT2D eigenvalue weighted by molar-refractivity contribution is 7.98. The topological polar surface area (TPSA) is 69.8 Å². The molecule has 1 N–H and O–H groups in total. The third kappa shape index (κ3) is 5.28. The number of thioether (sulfide) groups is 1. The van der Waals surface area contributed by atoms with E-state index in [2.05, 4.69) is 38.3 Å². The van der Waals surface area contributed by atoms with Gasteiger partial charge in [0.1, 0.15) is 5.75 Å². The van der Waals surface area contributed by atoms with Crippen LogP contribution in [0.1, 0.15) is 49.7 Å². The standard InChI is InChI=1S/C26H30N6OS/c1-33-24-14-8-9-20(17-24)27-18-25-28-29-26(32(25)23-12-6-3-7-13-23)34-19-21-15-16-31(30-21)22-10-4-2-5-11-22/h2,4-5,8-11,14-17,23,27H,3,6-7,12-13,18-19H2,1H3. The molecule has 34 heavy (non-hydrogen) atoms.